The molecule has 0 unspecified atom stereocenters. The number of aryl methyl sites for hydroxylation is 1. The van der Waals surface area contributed by atoms with E-state index in [0.29, 0.717) is 0 Å². The molecule has 0 aliphatic carbocycles. The van der Waals surface area contributed by atoms with Gasteiger partial charge in [0.05, 0.1) is 0 Å². The summed E-state index contributed by atoms with van der Waals surface area (Å²) in [5.74, 6) is 0.882. The summed E-state index contributed by atoms with van der Waals surface area (Å²) < 4.78 is 2.12. The lowest BCUT2D eigenvalue weighted by molar-refractivity contribution is 0.687. The molecule has 0 fully saturated rings. The van der Waals surface area contributed by atoms with Crippen LogP contribution >= 0.6 is 23.1 Å². The van der Waals surface area contributed by atoms with Crippen LogP contribution in [0.25, 0.3) is 21.6 Å². The van der Waals surface area contributed by atoms with Crippen LogP contribution in [0, 0.1) is 6.92 Å². The number of hydrogen-bond acceptors (Lipinski definition) is 6. The minimum atomic E-state index is 0.802. The van der Waals surface area contributed by atoms with Gasteiger partial charge < -0.3 is 4.57 Å². The second kappa shape index (κ2) is 6.33. The minimum absolute atomic E-state index is 0.802. The maximum atomic E-state index is 4.45. The van der Waals surface area contributed by atoms with Crippen LogP contribution in [0.15, 0.2) is 52.9 Å². The first-order valence-corrected chi connectivity index (χ1v) is 9.27. The Morgan fingerprint density at radius 1 is 1.12 bits per heavy atom. The van der Waals surface area contributed by atoms with E-state index in [4.69, 9.17) is 0 Å². The zero-order valence-electron chi connectivity index (χ0n) is 13.3. The highest BCUT2D eigenvalue weighted by Crippen LogP contribution is 2.34. The molecular weight excluding hydrogens is 338 g/mol. The normalized spacial score (nSPS) is 11.2. The van der Waals surface area contributed by atoms with Gasteiger partial charge in [-0.1, -0.05) is 30.3 Å². The molecule has 1 aromatic carbocycles. The number of nitrogens with zero attached hydrogens (tertiary/aromatic N) is 5. The van der Waals surface area contributed by atoms with Gasteiger partial charge in [0.2, 0.25) is 0 Å². The average Bonchev–Trinajstić information content (AvgIpc) is 3.18. The number of fused-ring (bicyclic) bond motifs is 1. The molecule has 7 heteroatoms. The van der Waals surface area contributed by atoms with E-state index in [1.165, 1.54) is 4.88 Å². The van der Waals surface area contributed by atoms with Crippen molar-refractivity contribution in [3.8, 4) is 11.4 Å². The van der Waals surface area contributed by atoms with Crippen LogP contribution in [-0.2, 0) is 6.54 Å². The standard InChI is InChI=1S/C17H15N5S2/c1-3-22-14(12-7-5-4-6-8-12)20-21-17(22)24-16-13-9-11(2)23-15(13)18-10-19-16/h4-10H,3H2,1-2H3. The number of benzene rings is 1. The van der Waals surface area contributed by atoms with Gasteiger partial charge in [-0.25, -0.2) is 9.97 Å². The predicted molar refractivity (Wildman–Crippen MR) is 97.4 cm³/mol. The van der Waals surface area contributed by atoms with Gasteiger partial charge in [-0.05, 0) is 31.7 Å². The Labute approximate surface area is 147 Å². The van der Waals surface area contributed by atoms with Gasteiger partial charge in [-0.2, -0.15) is 0 Å². The second-order valence-electron chi connectivity index (χ2n) is 5.27. The van der Waals surface area contributed by atoms with Crippen molar-refractivity contribution in [2.24, 2.45) is 0 Å². The van der Waals surface area contributed by atoms with Gasteiger partial charge in [0, 0.05) is 22.4 Å². The van der Waals surface area contributed by atoms with Crippen molar-refractivity contribution >= 4 is 33.3 Å². The van der Waals surface area contributed by atoms with E-state index in [-0.39, 0.29) is 0 Å². The van der Waals surface area contributed by atoms with Gasteiger partial charge in [0.1, 0.15) is 16.2 Å². The van der Waals surface area contributed by atoms with Gasteiger partial charge in [0.25, 0.3) is 0 Å². The summed E-state index contributed by atoms with van der Waals surface area (Å²) in [5.41, 5.74) is 1.07. The van der Waals surface area contributed by atoms with E-state index in [2.05, 4.69) is 56.8 Å². The first-order valence-electron chi connectivity index (χ1n) is 7.64. The Morgan fingerprint density at radius 3 is 2.75 bits per heavy atom. The smallest absolute Gasteiger partial charge is 0.197 e. The van der Waals surface area contributed by atoms with Gasteiger partial charge in [-0.15, -0.1) is 21.5 Å². The summed E-state index contributed by atoms with van der Waals surface area (Å²) >= 11 is 3.22. The highest BCUT2D eigenvalue weighted by Gasteiger charge is 2.16. The lowest BCUT2D eigenvalue weighted by Gasteiger charge is -2.07. The largest absolute Gasteiger partial charge is 0.302 e. The van der Waals surface area contributed by atoms with Crippen molar-refractivity contribution < 1.29 is 0 Å². The van der Waals surface area contributed by atoms with Crippen molar-refractivity contribution in [1.29, 1.82) is 0 Å². The second-order valence-corrected chi connectivity index (χ2v) is 7.46. The molecule has 0 radical (unpaired) electrons. The van der Waals surface area contributed by atoms with E-state index in [0.717, 1.165) is 38.3 Å². The summed E-state index contributed by atoms with van der Waals surface area (Å²) in [7, 11) is 0. The van der Waals surface area contributed by atoms with Crippen molar-refractivity contribution in [2.75, 3.05) is 0 Å². The molecule has 3 aromatic heterocycles. The van der Waals surface area contributed by atoms with Crippen LogP contribution in [0.5, 0.6) is 0 Å². The zero-order chi connectivity index (χ0) is 16.5. The molecule has 4 aromatic rings. The monoisotopic (exact) mass is 353 g/mol. The summed E-state index contributed by atoms with van der Waals surface area (Å²) in [4.78, 5) is 11.0. The molecule has 0 spiro atoms. The quantitative estimate of drug-likeness (QED) is 0.508. The van der Waals surface area contributed by atoms with E-state index in [1.54, 1.807) is 29.4 Å². The minimum Gasteiger partial charge on any atom is -0.302 e. The van der Waals surface area contributed by atoms with Crippen molar-refractivity contribution in [1.82, 2.24) is 24.7 Å². The number of rotatable bonds is 4. The van der Waals surface area contributed by atoms with Crippen LogP contribution in [0.1, 0.15) is 11.8 Å². The molecule has 0 saturated carbocycles. The highest BCUT2D eigenvalue weighted by molar-refractivity contribution is 7.99. The van der Waals surface area contributed by atoms with Crippen molar-refractivity contribution in [3.05, 3.63) is 47.6 Å². The number of hydrogen-bond donors (Lipinski definition) is 0. The third kappa shape index (κ3) is 2.70. The molecule has 4 rings (SSSR count). The Bertz CT molecular complexity index is 991. The van der Waals surface area contributed by atoms with Crippen LogP contribution in [0.3, 0.4) is 0 Å². The number of aromatic nitrogens is 5. The number of thiophene rings is 1. The van der Waals surface area contributed by atoms with Gasteiger partial charge in [-0.3, -0.25) is 0 Å². The average molecular weight is 353 g/mol. The first-order chi connectivity index (χ1) is 11.8. The Balaban J connectivity index is 1.76. The molecule has 3 heterocycles. The van der Waals surface area contributed by atoms with E-state index in [1.807, 2.05) is 18.2 Å². The molecule has 0 saturated heterocycles. The summed E-state index contributed by atoms with van der Waals surface area (Å²) in [6, 6.07) is 12.3. The van der Waals surface area contributed by atoms with Crippen molar-refractivity contribution in [3.63, 3.8) is 0 Å². The SMILES string of the molecule is CCn1c(Sc2ncnc3sc(C)cc23)nnc1-c1ccccc1. The van der Waals surface area contributed by atoms with Crippen LogP contribution in [0.4, 0.5) is 0 Å². The van der Waals surface area contributed by atoms with Gasteiger partial charge in [0.15, 0.2) is 11.0 Å². The molecule has 5 nitrogen and oxygen atoms in total. The fourth-order valence-electron chi connectivity index (χ4n) is 2.57. The molecule has 120 valence electrons. The lowest BCUT2D eigenvalue weighted by Crippen LogP contribution is -1.99. The fraction of sp³-hybridized carbons (Fsp3) is 0.176. The third-order valence-corrected chi connectivity index (χ3v) is 5.63. The van der Waals surface area contributed by atoms with Crippen LogP contribution in [0.2, 0.25) is 0 Å². The molecule has 24 heavy (non-hydrogen) atoms. The Hall–Kier alpha value is -2.25. The molecule has 0 atom stereocenters. The van der Waals surface area contributed by atoms with E-state index < -0.39 is 0 Å². The molecule has 0 bridgehead atoms. The van der Waals surface area contributed by atoms with E-state index >= 15 is 0 Å². The molecule has 0 aliphatic rings. The first kappa shape index (κ1) is 15.3. The molecule has 0 aliphatic heterocycles. The highest BCUT2D eigenvalue weighted by atomic mass is 32.2. The Morgan fingerprint density at radius 2 is 1.96 bits per heavy atom. The lowest BCUT2D eigenvalue weighted by atomic mass is 10.2. The summed E-state index contributed by atoms with van der Waals surface area (Å²) in [6.07, 6.45) is 1.62. The summed E-state index contributed by atoms with van der Waals surface area (Å²) in [5, 5.41) is 11.6. The fourth-order valence-corrected chi connectivity index (χ4v) is 4.43. The third-order valence-electron chi connectivity index (χ3n) is 3.67. The summed E-state index contributed by atoms with van der Waals surface area (Å²) in [6.45, 7) is 4.99. The maximum absolute atomic E-state index is 4.45. The van der Waals surface area contributed by atoms with Crippen molar-refractivity contribution in [2.45, 2.75) is 30.6 Å². The van der Waals surface area contributed by atoms with Gasteiger partial charge >= 0.3 is 0 Å². The predicted octanol–water partition coefficient (Wildman–Crippen LogP) is 4.43. The molecular formula is C17H15N5S2. The van der Waals surface area contributed by atoms with E-state index in [9.17, 15) is 0 Å². The maximum Gasteiger partial charge on any atom is 0.197 e. The Kier molecular flexibility index (Phi) is 4.03. The van der Waals surface area contributed by atoms with Crippen LogP contribution < -0.4 is 0 Å². The molecule has 0 N–H and O–H groups in total. The van der Waals surface area contributed by atoms with Crippen LogP contribution in [-0.4, -0.2) is 24.7 Å². The zero-order valence-corrected chi connectivity index (χ0v) is 14.9. The topological polar surface area (TPSA) is 56.5 Å². The molecule has 0 amide bonds.